The van der Waals surface area contributed by atoms with Gasteiger partial charge in [-0.1, -0.05) is 11.6 Å². The minimum absolute atomic E-state index is 0.147. The molecule has 0 saturated carbocycles. The summed E-state index contributed by atoms with van der Waals surface area (Å²) in [5.41, 5.74) is 0.583. The molecule has 1 aromatic rings. The van der Waals surface area contributed by atoms with Crippen LogP contribution in [0.15, 0.2) is 18.3 Å². The lowest BCUT2D eigenvalue weighted by Crippen LogP contribution is -2.38. The van der Waals surface area contributed by atoms with Crippen LogP contribution in [0.5, 0.6) is 0 Å². The lowest BCUT2D eigenvalue weighted by Gasteiger charge is -2.17. The second kappa shape index (κ2) is 7.42. The van der Waals surface area contributed by atoms with E-state index in [9.17, 15) is 14.7 Å². The van der Waals surface area contributed by atoms with Crippen molar-refractivity contribution in [3.8, 4) is 0 Å². The molecule has 0 bridgehead atoms. The lowest BCUT2D eigenvalue weighted by atomic mass is 10.0. The highest BCUT2D eigenvalue weighted by molar-refractivity contribution is 6.31. The maximum atomic E-state index is 12.1. The van der Waals surface area contributed by atoms with Gasteiger partial charge in [-0.3, -0.25) is 9.78 Å². The molecule has 2 atom stereocenters. The average molecular weight is 327 g/mol. The maximum Gasteiger partial charge on any atom is 0.317 e. The second-order valence-electron chi connectivity index (χ2n) is 5.20. The molecule has 0 aliphatic carbocycles. The van der Waals surface area contributed by atoms with E-state index in [2.05, 4.69) is 15.6 Å². The number of carbonyl (C=O) groups excluding carboxylic acids is 2. The third-order valence-electron chi connectivity index (χ3n) is 3.66. The summed E-state index contributed by atoms with van der Waals surface area (Å²) >= 11 is 5.98. The van der Waals surface area contributed by atoms with Crippen LogP contribution in [-0.4, -0.2) is 53.2 Å². The zero-order valence-corrected chi connectivity index (χ0v) is 13.0. The molecule has 3 amide bonds. The summed E-state index contributed by atoms with van der Waals surface area (Å²) < 4.78 is 0. The molecule has 7 nitrogen and oxygen atoms in total. The fraction of sp³-hybridized carbons (Fsp3) is 0.500. The number of rotatable bonds is 4. The smallest absolute Gasteiger partial charge is 0.317 e. The number of pyridine rings is 1. The topological polar surface area (TPSA) is 94.6 Å². The molecule has 1 aliphatic heterocycles. The standard InChI is InChI=1S/C14H19ClN4O3/c1-16-13(21)5-9-7-19(8-12(9)20)14(22)18-6-11-10(15)3-2-4-17-11/h2-4,9,12,20H,5-8H2,1H3,(H,16,21)(H,18,22)/t9-,12-/m1/s1. The molecule has 2 heterocycles. The Kier molecular flexibility index (Phi) is 5.57. The zero-order valence-electron chi connectivity index (χ0n) is 12.3. The normalized spacial score (nSPS) is 20.8. The van der Waals surface area contributed by atoms with Gasteiger partial charge in [0, 0.05) is 38.7 Å². The molecule has 0 aromatic carbocycles. The Morgan fingerprint density at radius 3 is 2.95 bits per heavy atom. The van der Waals surface area contributed by atoms with Gasteiger partial charge in [-0.15, -0.1) is 0 Å². The Morgan fingerprint density at radius 1 is 1.50 bits per heavy atom. The van der Waals surface area contributed by atoms with Crippen LogP contribution in [0.3, 0.4) is 0 Å². The van der Waals surface area contributed by atoms with Crippen LogP contribution in [0.2, 0.25) is 5.02 Å². The average Bonchev–Trinajstić information content (AvgIpc) is 2.87. The summed E-state index contributed by atoms with van der Waals surface area (Å²) in [5.74, 6) is -0.393. The Bertz CT molecular complexity index is 555. The SMILES string of the molecule is CNC(=O)C[C@@H]1CN(C(=O)NCc2ncccc2Cl)C[C@H]1O. The number of aliphatic hydroxyl groups excluding tert-OH is 1. The molecule has 1 aliphatic rings. The van der Waals surface area contributed by atoms with E-state index in [-0.39, 0.29) is 37.4 Å². The van der Waals surface area contributed by atoms with Crippen molar-refractivity contribution in [2.45, 2.75) is 19.1 Å². The number of hydrogen-bond acceptors (Lipinski definition) is 4. The minimum atomic E-state index is -0.693. The summed E-state index contributed by atoms with van der Waals surface area (Å²) in [6, 6.07) is 3.11. The first-order valence-electron chi connectivity index (χ1n) is 7.02. The number of amides is 3. The lowest BCUT2D eigenvalue weighted by molar-refractivity contribution is -0.122. The van der Waals surface area contributed by atoms with Crippen LogP contribution in [-0.2, 0) is 11.3 Å². The molecule has 1 saturated heterocycles. The monoisotopic (exact) mass is 326 g/mol. The van der Waals surface area contributed by atoms with Crippen molar-refractivity contribution in [2.24, 2.45) is 5.92 Å². The molecule has 0 unspecified atom stereocenters. The Balaban J connectivity index is 1.86. The highest BCUT2D eigenvalue weighted by atomic mass is 35.5. The number of carbonyl (C=O) groups is 2. The van der Waals surface area contributed by atoms with E-state index in [1.54, 1.807) is 25.4 Å². The molecule has 1 aromatic heterocycles. The quantitative estimate of drug-likeness (QED) is 0.745. The van der Waals surface area contributed by atoms with Crippen molar-refractivity contribution in [3.63, 3.8) is 0 Å². The van der Waals surface area contributed by atoms with Crippen molar-refractivity contribution in [3.05, 3.63) is 29.0 Å². The molecule has 120 valence electrons. The number of nitrogens with zero attached hydrogens (tertiary/aromatic N) is 2. The predicted molar refractivity (Wildman–Crippen MR) is 81.2 cm³/mol. The highest BCUT2D eigenvalue weighted by Gasteiger charge is 2.35. The molecular weight excluding hydrogens is 308 g/mol. The van der Waals surface area contributed by atoms with Crippen molar-refractivity contribution >= 4 is 23.5 Å². The highest BCUT2D eigenvalue weighted by Crippen LogP contribution is 2.20. The van der Waals surface area contributed by atoms with Crippen LogP contribution in [0.4, 0.5) is 4.79 Å². The van der Waals surface area contributed by atoms with Gasteiger partial charge in [-0.05, 0) is 12.1 Å². The third-order valence-corrected chi connectivity index (χ3v) is 4.01. The van der Waals surface area contributed by atoms with Crippen LogP contribution >= 0.6 is 11.6 Å². The number of β-amino-alcohol motifs (C(OH)–C–C–N with tert-alkyl or cyclic N) is 1. The number of aromatic nitrogens is 1. The predicted octanol–water partition coefficient (Wildman–Crippen LogP) is 0.373. The number of aliphatic hydroxyl groups is 1. The van der Waals surface area contributed by atoms with Crippen molar-refractivity contribution in [1.29, 1.82) is 0 Å². The summed E-state index contributed by atoms with van der Waals surface area (Å²) in [7, 11) is 1.55. The number of urea groups is 1. The fourth-order valence-electron chi connectivity index (χ4n) is 2.38. The van der Waals surface area contributed by atoms with Gasteiger partial charge in [0.25, 0.3) is 0 Å². The van der Waals surface area contributed by atoms with Gasteiger partial charge in [-0.25, -0.2) is 4.79 Å². The minimum Gasteiger partial charge on any atom is -0.391 e. The molecule has 1 fully saturated rings. The van der Waals surface area contributed by atoms with Crippen LogP contribution in [0.25, 0.3) is 0 Å². The van der Waals surface area contributed by atoms with Gasteiger partial charge in [0.1, 0.15) is 0 Å². The van der Waals surface area contributed by atoms with Gasteiger partial charge >= 0.3 is 6.03 Å². The maximum absolute atomic E-state index is 12.1. The van der Waals surface area contributed by atoms with Crippen molar-refractivity contribution in [2.75, 3.05) is 20.1 Å². The molecule has 0 spiro atoms. The van der Waals surface area contributed by atoms with Gasteiger partial charge in [0.05, 0.1) is 23.4 Å². The molecule has 8 heteroatoms. The number of halogens is 1. The van der Waals surface area contributed by atoms with Crippen LogP contribution in [0.1, 0.15) is 12.1 Å². The van der Waals surface area contributed by atoms with Gasteiger partial charge in [0.15, 0.2) is 0 Å². The molecule has 22 heavy (non-hydrogen) atoms. The van der Waals surface area contributed by atoms with E-state index in [0.29, 0.717) is 17.3 Å². The number of nitrogens with one attached hydrogen (secondary N) is 2. The van der Waals surface area contributed by atoms with E-state index in [4.69, 9.17) is 11.6 Å². The van der Waals surface area contributed by atoms with E-state index in [1.165, 1.54) is 4.90 Å². The van der Waals surface area contributed by atoms with Crippen molar-refractivity contribution in [1.82, 2.24) is 20.5 Å². The zero-order chi connectivity index (χ0) is 16.1. The van der Waals surface area contributed by atoms with Crippen LogP contribution in [0, 0.1) is 5.92 Å². The van der Waals surface area contributed by atoms with E-state index < -0.39 is 6.10 Å². The summed E-state index contributed by atoms with van der Waals surface area (Å²) in [4.78, 5) is 29.1. The first-order valence-corrected chi connectivity index (χ1v) is 7.40. The van der Waals surface area contributed by atoms with E-state index >= 15 is 0 Å². The summed E-state index contributed by atoms with van der Waals surface area (Å²) in [6.07, 6.45) is 1.11. The largest absolute Gasteiger partial charge is 0.391 e. The van der Waals surface area contributed by atoms with Gasteiger partial charge in [-0.2, -0.15) is 0 Å². The fourth-order valence-corrected chi connectivity index (χ4v) is 2.57. The van der Waals surface area contributed by atoms with E-state index in [1.807, 2.05) is 0 Å². The van der Waals surface area contributed by atoms with Gasteiger partial charge in [0.2, 0.25) is 5.91 Å². The Labute approximate surface area is 133 Å². The first-order chi connectivity index (χ1) is 10.5. The third kappa shape index (κ3) is 4.08. The summed E-state index contributed by atoms with van der Waals surface area (Å²) in [6.45, 7) is 0.769. The molecule has 3 N–H and O–H groups in total. The molecular formula is C14H19ClN4O3. The number of hydrogen-bond donors (Lipinski definition) is 3. The second-order valence-corrected chi connectivity index (χ2v) is 5.61. The van der Waals surface area contributed by atoms with Crippen LogP contribution < -0.4 is 10.6 Å². The van der Waals surface area contributed by atoms with Crippen molar-refractivity contribution < 1.29 is 14.7 Å². The Hall–Kier alpha value is -1.86. The first kappa shape index (κ1) is 16.5. The van der Waals surface area contributed by atoms with E-state index in [0.717, 1.165) is 0 Å². The molecule has 0 radical (unpaired) electrons. The molecule has 2 rings (SSSR count). The summed E-state index contributed by atoms with van der Waals surface area (Å²) in [5, 5.41) is 15.7. The Morgan fingerprint density at radius 2 is 2.27 bits per heavy atom. The number of likely N-dealkylation sites (tertiary alicyclic amines) is 1. The van der Waals surface area contributed by atoms with Gasteiger partial charge < -0.3 is 20.6 Å².